The predicted octanol–water partition coefficient (Wildman–Crippen LogP) is 3.46. The van der Waals surface area contributed by atoms with Crippen molar-refractivity contribution in [3.63, 3.8) is 0 Å². The Bertz CT molecular complexity index is 537. The first-order chi connectivity index (χ1) is 9.24. The average Bonchev–Trinajstić information content (AvgIpc) is 2.46. The number of benzene rings is 1. The summed E-state index contributed by atoms with van der Waals surface area (Å²) < 4.78 is 0. The van der Waals surface area contributed by atoms with E-state index in [2.05, 4.69) is 59.4 Å². The second-order valence-electron chi connectivity index (χ2n) is 4.56. The van der Waals surface area contributed by atoms with Crippen LogP contribution in [-0.4, -0.2) is 18.6 Å². The summed E-state index contributed by atoms with van der Waals surface area (Å²) in [6.07, 6.45) is 0. The first-order valence-electron chi connectivity index (χ1n) is 6.69. The summed E-state index contributed by atoms with van der Waals surface area (Å²) >= 11 is 0. The van der Waals surface area contributed by atoms with Gasteiger partial charge in [0.25, 0.3) is 0 Å². The van der Waals surface area contributed by atoms with Crippen LogP contribution in [0.4, 0.5) is 11.5 Å². The summed E-state index contributed by atoms with van der Waals surface area (Å²) in [6, 6.07) is 14.6. The van der Waals surface area contributed by atoms with Gasteiger partial charge in [0.15, 0.2) is 0 Å². The molecule has 1 heterocycles. The van der Waals surface area contributed by atoms with Crippen molar-refractivity contribution in [2.45, 2.75) is 20.4 Å². The maximum Gasteiger partial charge on any atom is 0.126 e. The highest BCUT2D eigenvalue weighted by atomic mass is 15.1. The van der Waals surface area contributed by atoms with Crippen LogP contribution in [0.2, 0.25) is 0 Å². The standard InChI is InChI=1S/C16H21N3/c1-4-19(15-10-6-5-8-13(15)2)12-14-9-7-11-16(17-3)18-14/h5-11H,4,12H2,1-3H3,(H,17,18). The third-order valence-corrected chi connectivity index (χ3v) is 3.25. The molecule has 1 N–H and O–H groups in total. The van der Waals surface area contributed by atoms with Crippen LogP contribution < -0.4 is 10.2 Å². The second-order valence-corrected chi connectivity index (χ2v) is 4.56. The molecular formula is C16H21N3. The Balaban J connectivity index is 2.21. The van der Waals surface area contributed by atoms with Gasteiger partial charge in [-0.1, -0.05) is 24.3 Å². The fourth-order valence-corrected chi connectivity index (χ4v) is 2.19. The monoisotopic (exact) mass is 255 g/mol. The minimum absolute atomic E-state index is 0.830. The van der Waals surface area contributed by atoms with Gasteiger partial charge in [-0.3, -0.25) is 0 Å². The maximum absolute atomic E-state index is 4.58. The lowest BCUT2D eigenvalue weighted by Gasteiger charge is -2.24. The zero-order valence-electron chi connectivity index (χ0n) is 11.9. The zero-order chi connectivity index (χ0) is 13.7. The van der Waals surface area contributed by atoms with Crippen LogP contribution in [0, 0.1) is 6.92 Å². The third kappa shape index (κ3) is 3.25. The summed E-state index contributed by atoms with van der Waals surface area (Å²) in [4.78, 5) is 6.93. The number of rotatable bonds is 5. The highest BCUT2D eigenvalue weighted by Gasteiger charge is 2.08. The van der Waals surface area contributed by atoms with E-state index in [9.17, 15) is 0 Å². The minimum Gasteiger partial charge on any atom is -0.373 e. The molecule has 0 aliphatic heterocycles. The van der Waals surface area contributed by atoms with Crippen LogP contribution in [0.15, 0.2) is 42.5 Å². The highest BCUT2D eigenvalue weighted by Crippen LogP contribution is 2.21. The molecule has 100 valence electrons. The quantitative estimate of drug-likeness (QED) is 0.887. The molecule has 2 rings (SSSR count). The Morgan fingerprint density at radius 3 is 2.58 bits per heavy atom. The van der Waals surface area contributed by atoms with Crippen molar-refractivity contribution in [1.82, 2.24) is 4.98 Å². The normalized spacial score (nSPS) is 10.3. The molecule has 0 saturated carbocycles. The van der Waals surface area contributed by atoms with E-state index in [1.165, 1.54) is 11.3 Å². The molecule has 0 aliphatic rings. The molecule has 0 unspecified atom stereocenters. The van der Waals surface area contributed by atoms with Crippen molar-refractivity contribution >= 4 is 11.5 Å². The Hall–Kier alpha value is -2.03. The number of nitrogens with one attached hydrogen (secondary N) is 1. The largest absolute Gasteiger partial charge is 0.373 e. The molecule has 0 aliphatic carbocycles. The molecule has 2 aromatic rings. The van der Waals surface area contributed by atoms with E-state index in [4.69, 9.17) is 0 Å². The molecule has 1 aromatic carbocycles. The van der Waals surface area contributed by atoms with Gasteiger partial charge < -0.3 is 10.2 Å². The number of para-hydroxylation sites is 1. The van der Waals surface area contributed by atoms with Crippen molar-refractivity contribution in [2.24, 2.45) is 0 Å². The molecule has 0 amide bonds. The highest BCUT2D eigenvalue weighted by molar-refractivity contribution is 5.53. The second kappa shape index (κ2) is 6.23. The van der Waals surface area contributed by atoms with Gasteiger partial charge in [0.05, 0.1) is 12.2 Å². The topological polar surface area (TPSA) is 28.2 Å². The first-order valence-corrected chi connectivity index (χ1v) is 6.69. The third-order valence-electron chi connectivity index (χ3n) is 3.25. The zero-order valence-corrected chi connectivity index (χ0v) is 11.9. The lowest BCUT2D eigenvalue weighted by molar-refractivity contribution is 0.807. The number of anilines is 2. The first kappa shape index (κ1) is 13.4. The molecule has 19 heavy (non-hydrogen) atoms. The van der Waals surface area contributed by atoms with Crippen LogP contribution in [-0.2, 0) is 6.54 Å². The van der Waals surface area contributed by atoms with Crippen molar-refractivity contribution in [2.75, 3.05) is 23.8 Å². The predicted molar refractivity (Wildman–Crippen MR) is 81.7 cm³/mol. The minimum atomic E-state index is 0.830. The summed E-state index contributed by atoms with van der Waals surface area (Å²) in [7, 11) is 1.89. The summed E-state index contributed by atoms with van der Waals surface area (Å²) in [5.41, 5.74) is 3.66. The number of hydrogen-bond acceptors (Lipinski definition) is 3. The van der Waals surface area contributed by atoms with Gasteiger partial charge in [0.1, 0.15) is 5.82 Å². The maximum atomic E-state index is 4.58. The van der Waals surface area contributed by atoms with E-state index < -0.39 is 0 Å². The van der Waals surface area contributed by atoms with Gasteiger partial charge >= 0.3 is 0 Å². The Kier molecular flexibility index (Phi) is 4.39. The fraction of sp³-hybridized carbons (Fsp3) is 0.312. The Labute approximate surface area is 115 Å². The molecule has 1 aromatic heterocycles. The summed E-state index contributed by atoms with van der Waals surface area (Å²) in [5.74, 6) is 0.915. The number of hydrogen-bond donors (Lipinski definition) is 1. The van der Waals surface area contributed by atoms with E-state index >= 15 is 0 Å². The van der Waals surface area contributed by atoms with Crippen molar-refractivity contribution in [1.29, 1.82) is 0 Å². The molecule has 0 radical (unpaired) electrons. The van der Waals surface area contributed by atoms with Gasteiger partial charge in [0, 0.05) is 19.3 Å². The Morgan fingerprint density at radius 1 is 1.11 bits per heavy atom. The van der Waals surface area contributed by atoms with Crippen LogP contribution in [0.25, 0.3) is 0 Å². The van der Waals surface area contributed by atoms with Crippen LogP contribution >= 0.6 is 0 Å². The van der Waals surface area contributed by atoms with Crippen molar-refractivity contribution < 1.29 is 0 Å². The molecule has 0 fully saturated rings. The SMILES string of the molecule is CCN(Cc1cccc(NC)n1)c1ccccc1C. The van der Waals surface area contributed by atoms with Crippen LogP contribution in [0.5, 0.6) is 0 Å². The molecule has 0 bridgehead atoms. The smallest absolute Gasteiger partial charge is 0.126 e. The molecule has 0 saturated heterocycles. The average molecular weight is 255 g/mol. The molecule has 0 spiro atoms. The summed E-state index contributed by atoms with van der Waals surface area (Å²) in [6.45, 7) is 6.12. The summed E-state index contributed by atoms with van der Waals surface area (Å²) in [5, 5.41) is 3.08. The van der Waals surface area contributed by atoms with Crippen molar-refractivity contribution in [3.05, 3.63) is 53.7 Å². The molecular weight excluding hydrogens is 234 g/mol. The van der Waals surface area contributed by atoms with Gasteiger partial charge in [0.2, 0.25) is 0 Å². The van der Waals surface area contributed by atoms with E-state index in [1.807, 2.05) is 19.2 Å². The fourth-order valence-electron chi connectivity index (χ4n) is 2.19. The van der Waals surface area contributed by atoms with E-state index in [-0.39, 0.29) is 0 Å². The molecule has 0 atom stereocenters. The van der Waals surface area contributed by atoms with Gasteiger partial charge in [-0.05, 0) is 37.6 Å². The van der Waals surface area contributed by atoms with Crippen LogP contribution in [0.1, 0.15) is 18.2 Å². The molecule has 3 nitrogen and oxygen atoms in total. The van der Waals surface area contributed by atoms with E-state index in [0.717, 1.165) is 24.6 Å². The van der Waals surface area contributed by atoms with Gasteiger partial charge in [-0.2, -0.15) is 0 Å². The van der Waals surface area contributed by atoms with Crippen molar-refractivity contribution in [3.8, 4) is 0 Å². The number of nitrogens with zero attached hydrogens (tertiary/aromatic N) is 2. The lowest BCUT2D eigenvalue weighted by Crippen LogP contribution is -2.23. The van der Waals surface area contributed by atoms with Crippen LogP contribution in [0.3, 0.4) is 0 Å². The number of aromatic nitrogens is 1. The van der Waals surface area contributed by atoms with E-state index in [0.29, 0.717) is 0 Å². The molecule has 3 heteroatoms. The number of pyridine rings is 1. The van der Waals surface area contributed by atoms with Gasteiger partial charge in [-0.15, -0.1) is 0 Å². The number of aryl methyl sites for hydroxylation is 1. The lowest BCUT2D eigenvalue weighted by atomic mass is 10.1. The van der Waals surface area contributed by atoms with Gasteiger partial charge in [-0.25, -0.2) is 4.98 Å². The Morgan fingerprint density at radius 2 is 1.89 bits per heavy atom. The van der Waals surface area contributed by atoms with E-state index in [1.54, 1.807) is 0 Å².